The molecular weight excluding hydrogens is 479 g/mol. The van der Waals surface area contributed by atoms with Crippen molar-refractivity contribution in [1.82, 2.24) is 14.5 Å². The van der Waals surface area contributed by atoms with Crippen molar-refractivity contribution < 1.29 is 9.53 Å². The Kier molecular flexibility index (Phi) is 5.57. The molecule has 0 fully saturated rings. The molecule has 4 rings (SSSR count). The molecule has 0 saturated carbocycles. The topological polar surface area (TPSA) is 69.0 Å². The summed E-state index contributed by atoms with van der Waals surface area (Å²) in [6, 6.07) is 20.3. The Balaban J connectivity index is 1.48. The first-order chi connectivity index (χ1) is 14.1. The maximum Gasteiger partial charge on any atom is 0.256 e. The molecule has 0 radical (unpaired) electrons. The van der Waals surface area contributed by atoms with E-state index in [2.05, 4.69) is 37.9 Å². The molecule has 0 aliphatic rings. The third-order valence-electron chi connectivity index (χ3n) is 4.12. The van der Waals surface area contributed by atoms with Crippen molar-refractivity contribution in [2.24, 2.45) is 0 Å². The second kappa shape index (κ2) is 8.44. The van der Waals surface area contributed by atoms with E-state index in [-0.39, 0.29) is 5.91 Å². The van der Waals surface area contributed by atoms with Crippen LogP contribution in [0.25, 0.3) is 5.82 Å². The summed E-state index contributed by atoms with van der Waals surface area (Å²) < 4.78 is 8.68. The summed E-state index contributed by atoms with van der Waals surface area (Å²) in [5, 5.41) is 2.90. The van der Waals surface area contributed by atoms with Crippen LogP contribution in [0.15, 0.2) is 79.1 Å². The monoisotopic (exact) mass is 496 g/mol. The number of nitrogens with zero attached hydrogens (tertiary/aromatic N) is 3. The summed E-state index contributed by atoms with van der Waals surface area (Å²) >= 11 is 2.15. The molecular formula is C22H17IN4O2. The Morgan fingerprint density at radius 2 is 1.72 bits per heavy atom. The van der Waals surface area contributed by atoms with Gasteiger partial charge in [-0.05, 0) is 78.0 Å². The van der Waals surface area contributed by atoms with E-state index in [4.69, 9.17) is 4.74 Å². The minimum atomic E-state index is -0.147. The Hall–Kier alpha value is -3.20. The highest BCUT2D eigenvalue weighted by Crippen LogP contribution is 2.24. The first kappa shape index (κ1) is 19.1. The summed E-state index contributed by atoms with van der Waals surface area (Å²) in [5.74, 6) is 2.28. The fraction of sp³-hybridized carbons (Fsp3) is 0.0455. The van der Waals surface area contributed by atoms with Crippen LogP contribution in [0.3, 0.4) is 0 Å². The van der Waals surface area contributed by atoms with Gasteiger partial charge < -0.3 is 14.6 Å². The Labute approximate surface area is 181 Å². The third-order valence-corrected chi connectivity index (χ3v) is 5.06. The molecule has 2 aromatic carbocycles. The predicted molar refractivity (Wildman–Crippen MR) is 120 cm³/mol. The van der Waals surface area contributed by atoms with Gasteiger partial charge in [0.25, 0.3) is 5.91 Å². The van der Waals surface area contributed by atoms with Gasteiger partial charge >= 0.3 is 0 Å². The van der Waals surface area contributed by atoms with Crippen molar-refractivity contribution in [2.45, 2.75) is 6.92 Å². The highest BCUT2D eigenvalue weighted by molar-refractivity contribution is 14.1. The average molecular weight is 496 g/mol. The largest absolute Gasteiger partial charge is 0.439 e. The van der Waals surface area contributed by atoms with E-state index in [0.717, 1.165) is 9.39 Å². The summed E-state index contributed by atoms with van der Waals surface area (Å²) in [5.41, 5.74) is 1.33. The number of halogens is 1. The normalized spacial score (nSPS) is 10.6. The van der Waals surface area contributed by atoms with E-state index in [0.29, 0.717) is 28.7 Å². The summed E-state index contributed by atoms with van der Waals surface area (Å²) in [6.07, 6.45) is 3.83. The SMILES string of the molecule is Cc1nc(Oc2ccc(NC(=O)c3ccccc3I)cc2)cc(-n2cccc2)n1. The molecule has 1 N–H and O–H groups in total. The summed E-state index contributed by atoms with van der Waals surface area (Å²) in [7, 11) is 0. The average Bonchev–Trinajstić information content (AvgIpc) is 3.24. The van der Waals surface area contributed by atoms with Crippen molar-refractivity contribution in [1.29, 1.82) is 0 Å². The minimum absolute atomic E-state index is 0.147. The number of carbonyl (C=O) groups excluding carboxylic acids is 1. The molecule has 0 aliphatic carbocycles. The van der Waals surface area contributed by atoms with Gasteiger partial charge in [-0.25, -0.2) is 4.98 Å². The highest BCUT2D eigenvalue weighted by atomic mass is 127. The number of amides is 1. The standard InChI is InChI=1S/C22H17IN4O2/c1-15-24-20(27-12-4-5-13-27)14-21(25-15)29-17-10-8-16(9-11-17)26-22(28)18-6-2-3-7-19(18)23/h2-14H,1H3,(H,26,28). The maximum absolute atomic E-state index is 12.4. The Morgan fingerprint density at radius 3 is 2.45 bits per heavy atom. The third kappa shape index (κ3) is 4.62. The Bertz CT molecular complexity index is 1140. The van der Waals surface area contributed by atoms with Crippen molar-refractivity contribution in [2.75, 3.05) is 5.32 Å². The molecule has 0 spiro atoms. The van der Waals surface area contributed by atoms with Gasteiger partial charge in [0, 0.05) is 27.7 Å². The second-order valence-corrected chi connectivity index (χ2v) is 7.42. The van der Waals surface area contributed by atoms with Crippen molar-refractivity contribution in [3.8, 4) is 17.4 Å². The molecule has 0 aliphatic heterocycles. The van der Waals surface area contributed by atoms with E-state index in [1.165, 1.54) is 0 Å². The van der Waals surface area contributed by atoms with Gasteiger partial charge in [0.1, 0.15) is 17.4 Å². The molecule has 1 amide bonds. The lowest BCUT2D eigenvalue weighted by Crippen LogP contribution is -2.13. The fourth-order valence-corrected chi connectivity index (χ4v) is 3.40. The van der Waals surface area contributed by atoms with Crippen LogP contribution in [0, 0.1) is 10.5 Å². The predicted octanol–water partition coefficient (Wildman–Crippen LogP) is 5.22. The van der Waals surface area contributed by atoms with E-state index < -0.39 is 0 Å². The number of nitrogens with one attached hydrogen (secondary N) is 1. The maximum atomic E-state index is 12.4. The van der Waals surface area contributed by atoms with Crippen LogP contribution < -0.4 is 10.1 Å². The molecule has 0 atom stereocenters. The molecule has 29 heavy (non-hydrogen) atoms. The number of hydrogen-bond donors (Lipinski definition) is 1. The van der Waals surface area contributed by atoms with Crippen LogP contribution in [-0.4, -0.2) is 20.4 Å². The lowest BCUT2D eigenvalue weighted by atomic mass is 10.2. The number of aryl methyl sites for hydroxylation is 1. The smallest absolute Gasteiger partial charge is 0.256 e. The lowest BCUT2D eigenvalue weighted by Gasteiger charge is -2.10. The first-order valence-corrected chi connectivity index (χ1v) is 9.99. The van der Waals surface area contributed by atoms with Gasteiger partial charge in [0.15, 0.2) is 0 Å². The number of ether oxygens (including phenoxy) is 1. The van der Waals surface area contributed by atoms with Gasteiger partial charge in [-0.3, -0.25) is 4.79 Å². The Morgan fingerprint density at radius 1 is 1.00 bits per heavy atom. The van der Waals surface area contributed by atoms with Gasteiger partial charge in [-0.1, -0.05) is 12.1 Å². The highest BCUT2D eigenvalue weighted by Gasteiger charge is 2.10. The lowest BCUT2D eigenvalue weighted by molar-refractivity contribution is 0.102. The number of aromatic nitrogens is 3. The number of hydrogen-bond acceptors (Lipinski definition) is 4. The van der Waals surface area contributed by atoms with Crippen LogP contribution in [0.1, 0.15) is 16.2 Å². The van der Waals surface area contributed by atoms with Crippen molar-refractivity contribution in [3.63, 3.8) is 0 Å². The molecule has 2 aromatic heterocycles. The van der Waals surface area contributed by atoms with Crippen molar-refractivity contribution in [3.05, 3.63) is 94.1 Å². The number of benzene rings is 2. The van der Waals surface area contributed by atoms with Gasteiger partial charge in [0.2, 0.25) is 5.88 Å². The number of anilines is 1. The van der Waals surface area contributed by atoms with Crippen LogP contribution in [0.4, 0.5) is 5.69 Å². The minimum Gasteiger partial charge on any atom is -0.439 e. The summed E-state index contributed by atoms with van der Waals surface area (Å²) in [4.78, 5) is 21.2. The van der Waals surface area contributed by atoms with Crippen molar-refractivity contribution >= 4 is 34.2 Å². The second-order valence-electron chi connectivity index (χ2n) is 6.26. The molecule has 2 heterocycles. The van der Waals surface area contributed by atoms with Gasteiger partial charge in [-0.2, -0.15) is 4.98 Å². The van der Waals surface area contributed by atoms with Crippen LogP contribution >= 0.6 is 22.6 Å². The zero-order valence-electron chi connectivity index (χ0n) is 15.5. The molecule has 7 heteroatoms. The van der Waals surface area contributed by atoms with E-state index >= 15 is 0 Å². The zero-order chi connectivity index (χ0) is 20.2. The number of carbonyl (C=O) groups is 1. The molecule has 0 saturated heterocycles. The molecule has 0 bridgehead atoms. The van der Waals surface area contributed by atoms with E-state index in [1.807, 2.05) is 54.2 Å². The van der Waals surface area contributed by atoms with Gasteiger partial charge in [-0.15, -0.1) is 0 Å². The molecule has 144 valence electrons. The molecule has 4 aromatic rings. The fourth-order valence-electron chi connectivity index (χ4n) is 2.77. The van der Waals surface area contributed by atoms with Crippen LogP contribution in [-0.2, 0) is 0 Å². The van der Waals surface area contributed by atoms with Gasteiger partial charge in [0.05, 0.1) is 5.56 Å². The van der Waals surface area contributed by atoms with Crippen LogP contribution in [0.2, 0.25) is 0 Å². The summed E-state index contributed by atoms with van der Waals surface area (Å²) in [6.45, 7) is 1.82. The number of rotatable bonds is 5. The first-order valence-electron chi connectivity index (χ1n) is 8.91. The van der Waals surface area contributed by atoms with Crippen LogP contribution in [0.5, 0.6) is 11.6 Å². The quantitative estimate of drug-likeness (QED) is 0.385. The molecule has 6 nitrogen and oxygen atoms in total. The zero-order valence-corrected chi connectivity index (χ0v) is 17.7. The van der Waals surface area contributed by atoms with E-state index in [9.17, 15) is 4.79 Å². The van der Waals surface area contributed by atoms with E-state index in [1.54, 1.807) is 36.4 Å². The molecule has 0 unspecified atom stereocenters.